The van der Waals surface area contributed by atoms with Crippen molar-refractivity contribution in [2.24, 2.45) is 0 Å². The lowest BCUT2D eigenvalue weighted by Gasteiger charge is -2.21. The zero-order valence-corrected chi connectivity index (χ0v) is 67.6. The standard InChI is InChI=1S/C87H142O17P2/c1-5-9-13-17-21-25-29-33-36-38-40-42-45-48-52-56-60-64-68-72-85(90)98-78-83(104-87(92)74-70-66-62-58-54-50-46-43-41-39-37-34-30-26-22-18-14-10-6-2)80-102-106(95,96)100-76-81(88)75-99-105(93,94)101-79-82(77-97-84(89)71-67-63-59-55-51-47-32-28-24-20-16-12-8-4)103-86(91)73-69-65-61-57-53-49-44-35-31-27-23-19-15-11-7-3/h9-10,13-14,21-22,25-28,31-34,36-37,40-43,48,50,52,54,60,62,64,66,81-83,88H,5-8,11-12,15-20,23-24,29-30,35,38-39,44-47,49,51,53,55-59,61,63,65,67-80H2,1-4H3,(H,93,94)(H,95,96)/b13-9-,14-10-,25-21-,26-22-,31-27-,32-28-,36-33-,37-34-,42-40-,43-41-,52-48-,54-50-,64-60-,66-62-/t81-,82+,83+/m0/s1. The van der Waals surface area contributed by atoms with Crippen LogP contribution in [-0.2, 0) is 65.4 Å². The van der Waals surface area contributed by atoms with Gasteiger partial charge < -0.3 is 33.8 Å². The summed E-state index contributed by atoms with van der Waals surface area (Å²) in [5.41, 5.74) is 0. The first-order chi connectivity index (χ1) is 51.7. The third kappa shape index (κ3) is 76.6. The van der Waals surface area contributed by atoms with Gasteiger partial charge in [0.1, 0.15) is 19.3 Å². The van der Waals surface area contributed by atoms with Gasteiger partial charge >= 0.3 is 39.5 Å². The Labute approximate surface area is 642 Å². The van der Waals surface area contributed by atoms with Crippen molar-refractivity contribution in [3.63, 3.8) is 0 Å². The molecular formula is C87H142O17P2. The van der Waals surface area contributed by atoms with Gasteiger partial charge in [0.2, 0.25) is 0 Å². The van der Waals surface area contributed by atoms with E-state index in [1.54, 1.807) is 0 Å². The lowest BCUT2D eigenvalue weighted by molar-refractivity contribution is -0.161. The van der Waals surface area contributed by atoms with E-state index >= 15 is 0 Å². The summed E-state index contributed by atoms with van der Waals surface area (Å²) < 4.78 is 68.4. The number of rotatable bonds is 74. The quantitative estimate of drug-likeness (QED) is 0.0169. The van der Waals surface area contributed by atoms with E-state index in [9.17, 15) is 43.2 Å². The minimum absolute atomic E-state index is 0.0139. The molecule has 0 aromatic rings. The molecule has 0 aliphatic heterocycles. The summed E-state index contributed by atoms with van der Waals surface area (Å²) in [6.07, 6.45) is 92.2. The van der Waals surface area contributed by atoms with Crippen molar-refractivity contribution in [1.82, 2.24) is 0 Å². The second-order valence-corrected chi connectivity index (χ2v) is 29.1. The minimum atomic E-state index is -5.02. The van der Waals surface area contributed by atoms with Crippen LogP contribution < -0.4 is 0 Å². The van der Waals surface area contributed by atoms with Crippen LogP contribution in [0.1, 0.15) is 297 Å². The maximum Gasteiger partial charge on any atom is 0.472 e. The molecule has 0 spiro atoms. The topological polar surface area (TPSA) is 237 Å². The number of unbranched alkanes of at least 4 members (excludes halogenated alkanes) is 20. The molecular weight excluding hydrogens is 1380 g/mol. The molecule has 17 nitrogen and oxygen atoms in total. The van der Waals surface area contributed by atoms with Crippen LogP contribution in [0.5, 0.6) is 0 Å². The van der Waals surface area contributed by atoms with E-state index in [0.29, 0.717) is 38.5 Å². The highest BCUT2D eigenvalue weighted by molar-refractivity contribution is 7.47. The van der Waals surface area contributed by atoms with Crippen molar-refractivity contribution in [3.8, 4) is 0 Å². The van der Waals surface area contributed by atoms with Crippen molar-refractivity contribution < 1.29 is 80.2 Å². The van der Waals surface area contributed by atoms with Crippen LogP contribution in [0.25, 0.3) is 0 Å². The molecule has 106 heavy (non-hydrogen) atoms. The molecule has 0 fully saturated rings. The summed E-state index contributed by atoms with van der Waals surface area (Å²) in [6.45, 7) is 4.43. The van der Waals surface area contributed by atoms with Gasteiger partial charge in [-0.3, -0.25) is 37.3 Å². The highest BCUT2D eigenvalue weighted by atomic mass is 31.2. The van der Waals surface area contributed by atoms with Crippen LogP contribution in [0.4, 0.5) is 0 Å². The van der Waals surface area contributed by atoms with Gasteiger partial charge in [0.05, 0.1) is 26.4 Å². The molecule has 0 aromatic heterocycles. The zero-order chi connectivity index (χ0) is 77.4. The van der Waals surface area contributed by atoms with E-state index in [1.807, 2.05) is 36.5 Å². The smallest absolute Gasteiger partial charge is 0.462 e. The van der Waals surface area contributed by atoms with Gasteiger partial charge in [0.15, 0.2) is 12.2 Å². The van der Waals surface area contributed by atoms with Crippen molar-refractivity contribution in [1.29, 1.82) is 0 Å². The number of allylic oxidation sites excluding steroid dienone is 28. The molecule has 602 valence electrons. The van der Waals surface area contributed by atoms with E-state index < -0.39 is 97.5 Å². The normalized spacial score (nSPS) is 14.7. The van der Waals surface area contributed by atoms with E-state index in [4.69, 9.17) is 37.0 Å². The number of esters is 4. The Kier molecular flexibility index (Phi) is 73.5. The van der Waals surface area contributed by atoms with Gasteiger partial charge in [0, 0.05) is 25.7 Å². The Hall–Kier alpha value is -5.58. The number of hydrogen-bond donors (Lipinski definition) is 3. The average molecular weight is 1520 g/mol. The SMILES string of the molecule is CC/C=C\C/C=C\C/C=C\C/C=C\C/C=C\C/C=C\CCC(=O)OC[C@H](COP(=O)(O)OC[C@@H](O)COP(=O)(O)OC[C@@H](COC(=O)CCCCCCC/C=C\CCCCCC)OC(=O)CCCCCCCCC/C=C\CCCCCC)OC(=O)CC/C=C\C/C=C\C/C=C\C/C=C\C/C=C\C/C=C\CC. The maximum absolute atomic E-state index is 13.1. The number of phosphoric ester groups is 2. The first-order valence-corrected chi connectivity index (χ1v) is 43.4. The number of aliphatic hydroxyl groups is 1. The summed E-state index contributed by atoms with van der Waals surface area (Å²) in [5.74, 6) is -2.40. The van der Waals surface area contributed by atoms with Crippen LogP contribution in [0.15, 0.2) is 170 Å². The Morgan fingerprint density at radius 1 is 0.274 bits per heavy atom. The van der Waals surface area contributed by atoms with Crippen LogP contribution >= 0.6 is 15.6 Å². The summed E-state index contributed by atoms with van der Waals surface area (Å²) in [5, 5.41) is 10.6. The van der Waals surface area contributed by atoms with E-state index in [-0.39, 0.29) is 25.7 Å². The molecule has 0 radical (unpaired) electrons. The minimum Gasteiger partial charge on any atom is -0.462 e. The lowest BCUT2D eigenvalue weighted by Crippen LogP contribution is -2.30. The summed E-state index contributed by atoms with van der Waals surface area (Å²) >= 11 is 0. The van der Waals surface area contributed by atoms with Gasteiger partial charge in [-0.05, 0) is 154 Å². The third-order valence-corrected chi connectivity index (χ3v) is 18.1. The van der Waals surface area contributed by atoms with Crippen molar-refractivity contribution in [2.75, 3.05) is 39.6 Å². The first-order valence-electron chi connectivity index (χ1n) is 40.4. The fourth-order valence-electron chi connectivity index (χ4n) is 10.1. The molecule has 0 saturated carbocycles. The van der Waals surface area contributed by atoms with Gasteiger partial charge in [0.25, 0.3) is 0 Å². The molecule has 0 bridgehead atoms. The molecule has 0 heterocycles. The average Bonchev–Trinajstić information content (AvgIpc) is 0.903. The van der Waals surface area contributed by atoms with Crippen LogP contribution in [0.3, 0.4) is 0 Å². The number of phosphoric acid groups is 2. The van der Waals surface area contributed by atoms with Crippen molar-refractivity contribution in [3.05, 3.63) is 170 Å². The predicted molar refractivity (Wildman–Crippen MR) is 436 cm³/mol. The van der Waals surface area contributed by atoms with Crippen molar-refractivity contribution in [2.45, 2.75) is 316 Å². The number of hydrogen-bond acceptors (Lipinski definition) is 15. The molecule has 0 aliphatic carbocycles. The van der Waals surface area contributed by atoms with Crippen molar-refractivity contribution >= 4 is 39.5 Å². The molecule has 3 N–H and O–H groups in total. The highest BCUT2D eigenvalue weighted by Crippen LogP contribution is 2.45. The van der Waals surface area contributed by atoms with E-state index in [0.717, 1.165) is 154 Å². The van der Waals surface area contributed by atoms with E-state index in [1.165, 1.54) is 51.4 Å². The fourth-order valence-corrected chi connectivity index (χ4v) is 11.7. The maximum atomic E-state index is 13.1. The summed E-state index contributed by atoms with van der Waals surface area (Å²) in [6, 6.07) is 0. The monoisotopic (exact) mass is 1520 g/mol. The molecule has 0 aromatic carbocycles. The van der Waals surface area contributed by atoms with Crippen LogP contribution in [0, 0.1) is 0 Å². The molecule has 0 aliphatic rings. The Morgan fingerprint density at radius 3 is 0.830 bits per heavy atom. The number of carbonyl (C=O) groups excluding carboxylic acids is 4. The second kappa shape index (κ2) is 77.6. The first kappa shape index (κ1) is 100. The van der Waals surface area contributed by atoms with Gasteiger partial charge in [-0.15, -0.1) is 0 Å². The summed E-state index contributed by atoms with van der Waals surface area (Å²) in [4.78, 5) is 73.0. The molecule has 0 amide bonds. The number of aliphatic hydroxyl groups excluding tert-OH is 1. The van der Waals surface area contributed by atoms with E-state index in [2.05, 4.69) is 161 Å². The molecule has 2 unspecified atom stereocenters. The lowest BCUT2D eigenvalue weighted by atomic mass is 10.1. The number of ether oxygens (including phenoxy) is 4. The number of carbonyl (C=O) groups is 4. The molecule has 0 rings (SSSR count). The van der Waals surface area contributed by atoms with Crippen LogP contribution in [-0.4, -0.2) is 96.7 Å². The largest absolute Gasteiger partial charge is 0.472 e. The molecule has 19 heteroatoms. The summed E-state index contributed by atoms with van der Waals surface area (Å²) in [7, 11) is -10.0. The second-order valence-electron chi connectivity index (χ2n) is 26.2. The molecule has 0 saturated heterocycles. The van der Waals surface area contributed by atoms with Gasteiger partial charge in [-0.2, -0.15) is 0 Å². The fraction of sp³-hybridized carbons (Fsp3) is 0.632. The Balaban J connectivity index is 5.53. The van der Waals surface area contributed by atoms with Crippen LogP contribution in [0.2, 0.25) is 0 Å². The van der Waals surface area contributed by atoms with Gasteiger partial charge in [-0.1, -0.05) is 288 Å². The molecule has 5 atom stereocenters. The van der Waals surface area contributed by atoms with Gasteiger partial charge in [-0.25, -0.2) is 9.13 Å². The Morgan fingerprint density at radius 2 is 0.509 bits per heavy atom. The predicted octanol–water partition coefficient (Wildman–Crippen LogP) is 23.8. The zero-order valence-electron chi connectivity index (χ0n) is 65.8. The highest BCUT2D eigenvalue weighted by Gasteiger charge is 2.30. The Bertz CT molecular complexity index is 2680. The third-order valence-electron chi connectivity index (χ3n) is 16.2.